The number of ether oxygens (including phenoxy) is 1. The average Bonchev–Trinajstić information content (AvgIpc) is 3.29. The first-order chi connectivity index (χ1) is 8.86. The van der Waals surface area contributed by atoms with Crippen LogP contribution in [0.2, 0.25) is 0 Å². The van der Waals surface area contributed by atoms with Crippen molar-refractivity contribution in [1.82, 2.24) is 15.1 Å². The van der Waals surface area contributed by atoms with Crippen molar-refractivity contribution >= 4 is 0 Å². The van der Waals surface area contributed by atoms with Crippen LogP contribution >= 0.6 is 0 Å². The molecule has 0 atom stereocenters. The smallest absolute Gasteiger partial charge is 0.157 e. The third-order valence-electron chi connectivity index (χ3n) is 3.94. The predicted octanol–water partition coefficient (Wildman–Crippen LogP) is 2.06. The van der Waals surface area contributed by atoms with Gasteiger partial charge in [0.05, 0.1) is 12.4 Å². The lowest BCUT2D eigenvalue weighted by atomic mass is 10.1. The van der Waals surface area contributed by atoms with E-state index in [2.05, 4.69) is 17.3 Å². The molecule has 3 rings (SSSR count). The van der Waals surface area contributed by atoms with Crippen LogP contribution in [0.15, 0.2) is 12.4 Å². The number of rotatable bonds is 8. The van der Waals surface area contributed by atoms with Gasteiger partial charge >= 0.3 is 0 Å². The Morgan fingerprint density at radius 3 is 2.67 bits per heavy atom. The Hall–Kier alpha value is -1.03. The Kier molecular flexibility index (Phi) is 3.55. The van der Waals surface area contributed by atoms with Crippen LogP contribution in [-0.2, 0) is 6.54 Å². The maximum atomic E-state index is 5.69. The van der Waals surface area contributed by atoms with Gasteiger partial charge in [0.15, 0.2) is 5.75 Å². The van der Waals surface area contributed by atoms with Crippen molar-refractivity contribution in [2.24, 2.45) is 11.8 Å². The Morgan fingerprint density at radius 1 is 1.39 bits per heavy atom. The van der Waals surface area contributed by atoms with Crippen LogP contribution in [-0.4, -0.2) is 29.0 Å². The molecule has 4 heteroatoms. The molecule has 1 heterocycles. The molecule has 4 nitrogen and oxygen atoms in total. The molecule has 1 N–H and O–H groups in total. The molecule has 0 saturated heterocycles. The van der Waals surface area contributed by atoms with Crippen molar-refractivity contribution in [3.05, 3.63) is 12.4 Å². The summed E-state index contributed by atoms with van der Waals surface area (Å²) in [7, 11) is 0. The third-order valence-corrected chi connectivity index (χ3v) is 3.94. The highest BCUT2D eigenvalue weighted by Gasteiger charge is 2.40. The van der Waals surface area contributed by atoms with Crippen molar-refractivity contribution in [3.8, 4) is 5.75 Å². The van der Waals surface area contributed by atoms with Crippen LogP contribution in [0.5, 0.6) is 5.75 Å². The molecular weight excluding hydrogens is 226 g/mol. The average molecular weight is 249 g/mol. The first-order valence-corrected chi connectivity index (χ1v) is 7.25. The standard InChI is InChI=1S/C14H23N3O/c1-2-17-10-13(9-16-17)18-8-7-15-14(11-3-4-11)12-5-6-12/h9-12,14-15H,2-8H2,1H3. The minimum absolute atomic E-state index is 0.741. The van der Waals surface area contributed by atoms with Gasteiger partial charge in [0, 0.05) is 19.1 Å². The van der Waals surface area contributed by atoms with Gasteiger partial charge in [0.25, 0.3) is 0 Å². The summed E-state index contributed by atoms with van der Waals surface area (Å²) >= 11 is 0. The molecule has 0 unspecified atom stereocenters. The number of hydrogen-bond donors (Lipinski definition) is 1. The molecule has 0 radical (unpaired) electrons. The summed E-state index contributed by atoms with van der Waals surface area (Å²) in [5.41, 5.74) is 0. The first-order valence-electron chi connectivity index (χ1n) is 7.25. The maximum Gasteiger partial charge on any atom is 0.157 e. The second-order valence-corrected chi connectivity index (χ2v) is 5.53. The van der Waals surface area contributed by atoms with Crippen LogP contribution in [0, 0.1) is 11.8 Å². The van der Waals surface area contributed by atoms with Gasteiger partial charge in [-0.15, -0.1) is 0 Å². The maximum absolute atomic E-state index is 5.69. The molecule has 0 aliphatic heterocycles. The van der Waals surface area contributed by atoms with Gasteiger partial charge in [-0.3, -0.25) is 4.68 Å². The van der Waals surface area contributed by atoms with E-state index in [9.17, 15) is 0 Å². The number of aryl methyl sites for hydroxylation is 1. The van der Waals surface area contributed by atoms with E-state index in [0.29, 0.717) is 0 Å². The van der Waals surface area contributed by atoms with Gasteiger partial charge in [0.2, 0.25) is 0 Å². The van der Waals surface area contributed by atoms with E-state index >= 15 is 0 Å². The summed E-state index contributed by atoms with van der Waals surface area (Å²) in [4.78, 5) is 0. The largest absolute Gasteiger partial charge is 0.489 e. The van der Waals surface area contributed by atoms with Crippen molar-refractivity contribution < 1.29 is 4.74 Å². The van der Waals surface area contributed by atoms with Gasteiger partial charge in [-0.1, -0.05) is 0 Å². The van der Waals surface area contributed by atoms with Gasteiger partial charge in [0.1, 0.15) is 6.61 Å². The number of aromatic nitrogens is 2. The molecule has 18 heavy (non-hydrogen) atoms. The Bertz CT molecular complexity index is 370. The molecule has 1 aromatic heterocycles. The molecule has 0 amide bonds. The predicted molar refractivity (Wildman–Crippen MR) is 70.6 cm³/mol. The van der Waals surface area contributed by atoms with Gasteiger partial charge in [-0.05, 0) is 44.4 Å². The Balaban J connectivity index is 1.36. The van der Waals surface area contributed by atoms with Gasteiger partial charge in [-0.2, -0.15) is 5.10 Å². The summed E-state index contributed by atoms with van der Waals surface area (Å²) < 4.78 is 7.58. The number of nitrogens with zero attached hydrogens (tertiary/aromatic N) is 2. The van der Waals surface area contributed by atoms with Crippen LogP contribution in [0.4, 0.5) is 0 Å². The lowest BCUT2D eigenvalue weighted by Crippen LogP contribution is -2.35. The number of hydrogen-bond acceptors (Lipinski definition) is 3. The second-order valence-electron chi connectivity index (χ2n) is 5.53. The zero-order chi connectivity index (χ0) is 12.4. The van der Waals surface area contributed by atoms with Crippen LogP contribution in [0.3, 0.4) is 0 Å². The van der Waals surface area contributed by atoms with Crippen molar-refractivity contribution in [1.29, 1.82) is 0 Å². The molecule has 0 bridgehead atoms. The third kappa shape index (κ3) is 3.05. The zero-order valence-corrected chi connectivity index (χ0v) is 11.1. The minimum Gasteiger partial charge on any atom is -0.489 e. The molecule has 2 saturated carbocycles. The molecule has 0 aromatic carbocycles. The van der Waals surface area contributed by atoms with Crippen LogP contribution < -0.4 is 10.1 Å². The first kappa shape index (κ1) is 12.0. The Morgan fingerprint density at radius 2 is 2.11 bits per heavy atom. The SMILES string of the molecule is CCn1cc(OCCNC(C2CC2)C2CC2)cn1. The van der Waals surface area contributed by atoms with Gasteiger partial charge < -0.3 is 10.1 Å². The summed E-state index contributed by atoms with van der Waals surface area (Å²) in [5.74, 6) is 2.80. The van der Waals surface area contributed by atoms with E-state index in [1.807, 2.05) is 10.9 Å². The lowest BCUT2D eigenvalue weighted by Gasteiger charge is -2.17. The van der Waals surface area contributed by atoms with Gasteiger partial charge in [-0.25, -0.2) is 0 Å². The fraction of sp³-hybridized carbons (Fsp3) is 0.786. The fourth-order valence-electron chi connectivity index (χ4n) is 2.62. The molecule has 100 valence electrons. The van der Waals surface area contributed by atoms with E-state index in [0.717, 1.165) is 43.3 Å². The second kappa shape index (κ2) is 5.31. The molecule has 1 aromatic rings. The highest BCUT2D eigenvalue weighted by Crippen LogP contribution is 2.44. The minimum atomic E-state index is 0.741. The van der Waals surface area contributed by atoms with E-state index < -0.39 is 0 Å². The van der Waals surface area contributed by atoms with Crippen molar-refractivity contribution in [3.63, 3.8) is 0 Å². The van der Waals surface area contributed by atoms with Crippen molar-refractivity contribution in [2.75, 3.05) is 13.2 Å². The Labute approximate surface area is 109 Å². The number of nitrogens with one attached hydrogen (secondary N) is 1. The topological polar surface area (TPSA) is 39.1 Å². The highest BCUT2D eigenvalue weighted by atomic mass is 16.5. The highest BCUT2D eigenvalue weighted by molar-refractivity contribution is 5.11. The summed E-state index contributed by atoms with van der Waals surface area (Å²) in [6, 6.07) is 0.770. The normalized spacial score (nSPS) is 19.4. The van der Waals surface area contributed by atoms with E-state index in [1.54, 1.807) is 6.20 Å². The summed E-state index contributed by atoms with van der Waals surface area (Å²) in [5, 5.41) is 7.88. The lowest BCUT2D eigenvalue weighted by molar-refractivity contribution is 0.293. The van der Waals surface area contributed by atoms with E-state index in [1.165, 1.54) is 25.7 Å². The monoisotopic (exact) mass is 249 g/mol. The van der Waals surface area contributed by atoms with E-state index in [4.69, 9.17) is 4.74 Å². The fourth-order valence-corrected chi connectivity index (χ4v) is 2.62. The zero-order valence-electron chi connectivity index (χ0n) is 11.1. The molecule has 2 aliphatic carbocycles. The van der Waals surface area contributed by atoms with Crippen LogP contribution in [0.25, 0.3) is 0 Å². The quantitative estimate of drug-likeness (QED) is 0.717. The van der Waals surface area contributed by atoms with Crippen LogP contribution in [0.1, 0.15) is 32.6 Å². The summed E-state index contributed by atoms with van der Waals surface area (Å²) in [6.45, 7) is 4.67. The summed E-state index contributed by atoms with van der Waals surface area (Å²) in [6.07, 6.45) is 9.47. The van der Waals surface area contributed by atoms with E-state index in [-0.39, 0.29) is 0 Å². The molecule has 2 aliphatic rings. The molecule has 0 spiro atoms. The molecule has 2 fully saturated rings. The van der Waals surface area contributed by atoms with Crippen molar-refractivity contribution in [2.45, 2.75) is 45.2 Å². The molecular formula is C14H23N3O.